The normalized spacial score (nSPS) is 16.5. The summed E-state index contributed by atoms with van der Waals surface area (Å²) in [5, 5.41) is 0.291. The number of halogens is 1. The van der Waals surface area contributed by atoms with Crippen LogP contribution in [0, 0.1) is 5.92 Å². The van der Waals surface area contributed by atoms with Crippen LogP contribution in [-0.4, -0.2) is 72.1 Å². The molecule has 0 spiro atoms. The van der Waals surface area contributed by atoms with Crippen LogP contribution in [0.5, 0.6) is 23.0 Å². The molecule has 1 saturated heterocycles. The summed E-state index contributed by atoms with van der Waals surface area (Å²) in [6.07, 6.45) is 1.16. The van der Waals surface area contributed by atoms with Crippen molar-refractivity contribution in [2.24, 2.45) is 5.92 Å². The van der Waals surface area contributed by atoms with E-state index in [1.807, 2.05) is 0 Å². The first-order valence-corrected chi connectivity index (χ1v) is 12.9. The predicted molar refractivity (Wildman–Crippen MR) is 132 cm³/mol. The van der Waals surface area contributed by atoms with Gasteiger partial charge in [0.25, 0.3) is 0 Å². The smallest absolute Gasteiger partial charge is 0.246 e. The van der Waals surface area contributed by atoms with E-state index in [-0.39, 0.29) is 23.1 Å². The number of hydrogen-bond acceptors (Lipinski definition) is 7. The van der Waals surface area contributed by atoms with Gasteiger partial charge in [0, 0.05) is 31.7 Å². The molecule has 0 unspecified atom stereocenters. The van der Waals surface area contributed by atoms with Crippen LogP contribution in [0.2, 0.25) is 5.02 Å². The molecule has 35 heavy (non-hydrogen) atoms. The van der Waals surface area contributed by atoms with Gasteiger partial charge in [0.1, 0.15) is 10.6 Å². The first-order chi connectivity index (χ1) is 16.7. The van der Waals surface area contributed by atoms with Gasteiger partial charge in [-0.15, -0.1) is 0 Å². The number of benzene rings is 2. The molecule has 0 saturated carbocycles. The number of carbonyl (C=O) groups is 1. The molecular formula is C24H31ClN2O7S. The molecular weight excluding hydrogens is 496 g/mol. The Kier molecular flexibility index (Phi) is 8.74. The minimum Gasteiger partial charge on any atom is -0.495 e. The first kappa shape index (κ1) is 26.9. The lowest BCUT2D eigenvalue weighted by molar-refractivity contribution is -0.135. The molecule has 192 valence electrons. The molecule has 1 aliphatic heterocycles. The van der Waals surface area contributed by atoms with E-state index in [0.29, 0.717) is 48.2 Å². The van der Waals surface area contributed by atoms with Gasteiger partial charge >= 0.3 is 0 Å². The number of carbonyl (C=O) groups excluding carboxylic acids is 1. The number of amides is 1. The molecule has 1 amide bonds. The number of hydrogen-bond donors (Lipinski definition) is 0. The average Bonchev–Trinajstić information content (AvgIpc) is 2.87. The predicted octanol–water partition coefficient (Wildman–Crippen LogP) is 3.43. The highest BCUT2D eigenvalue weighted by Crippen LogP contribution is 2.38. The van der Waals surface area contributed by atoms with Crippen molar-refractivity contribution in [1.82, 2.24) is 9.21 Å². The third kappa shape index (κ3) is 5.76. The highest BCUT2D eigenvalue weighted by Gasteiger charge is 2.36. The zero-order valence-electron chi connectivity index (χ0n) is 20.5. The standard InChI is InChI=1S/C24H31ClN2O7S/c1-26(14-16-11-20(32-3)23(34-5)21(12-16)33-4)24(28)17-7-6-10-27(15-17)35(29,30)22-13-18(25)8-9-19(22)31-2/h8-9,11-13,17H,6-7,10,14-15H2,1-5H3/t17-/m0/s1. The van der Waals surface area contributed by atoms with Crippen LogP contribution >= 0.6 is 11.6 Å². The number of methoxy groups -OCH3 is 4. The third-order valence-electron chi connectivity index (χ3n) is 6.00. The summed E-state index contributed by atoms with van der Waals surface area (Å²) in [6, 6.07) is 8.03. The van der Waals surface area contributed by atoms with Crippen LogP contribution in [0.25, 0.3) is 0 Å². The van der Waals surface area contributed by atoms with E-state index < -0.39 is 15.9 Å². The quantitative estimate of drug-likeness (QED) is 0.494. The molecule has 0 aromatic heterocycles. The molecule has 1 aliphatic rings. The zero-order chi connectivity index (χ0) is 25.8. The summed E-state index contributed by atoms with van der Waals surface area (Å²) < 4.78 is 49.5. The van der Waals surface area contributed by atoms with Crippen LogP contribution < -0.4 is 18.9 Å². The number of sulfonamides is 1. The van der Waals surface area contributed by atoms with Gasteiger partial charge in [-0.3, -0.25) is 4.79 Å². The lowest BCUT2D eigenvalue weighted by atomic mass is 9.98. The molecule has 1 heterocycles. The van der Waals surface area contributed by atoms with Gasteiger partial charge in [-0.05, 0) is 48.7 Å². The second-order valence-corrected chi connectivity index (χ2v) is 10.6. The lowest BCUT2D eigenvalue weighted by Crippen LogP contribution is -2.45. The van der Waals surface area contributed by atoms with Crippen molar-refractivity contribution < 1.29 is 32.2 Å². The van der Waals surface area contributed by atoms with Crippen molar-refractivity contribution in [2.75, 3.05) is 48.6 Å². The Morgan fingerprint density at radius 1 is 1.03 bits per heavy atom. The van der Waals surface area contributed by atoms with Crippen molar-refractivity contribution >= 4 is 27.5 Å². The Morgan fingerprint density at radius 2 is 1.66 bits per heavy atom. The zero-order valence-corrected chi connectivity index (χ0v) is 22.1. The van der Waals surface area contributed by atoms with Crippen molar-refractivity contribution in [3.63, 3.8) is 0 Å². The summed E-state index contributed by atoms with van der Waals surface area (Å²) in [7, 11) is 3.79. The summed E-state index contributed by atoms with van der Waals surface area (Å²) in [6.45, 7) is 0.690. The van der Waals surface area contributed by atoms with Gasteiger partial charge in [0.15, 0.2) is 11.5 Å². The molecule has 2 aromatic carbocycles. The van der Waals surface area contributed by atoms with E-state index in [9.17, 15) is 13.2 Å². The van der Waals surface area contributed by atoms with Gasteiger partial charge in [-0.25, -0.2) is 8.42 Å². The minimum atomic E-state index is -3.90. The molecule has 0 aliphatic carbocycles. The Bertz CT molecular complexity index is 1150. The van der Waals surface area contributed by atoms with E-state index in [1.165, 1.54) is 44.9 Å². The molecule has 0 radical (unpaired) electrons. The van der Waals surface area contributed by atoms with Crippen LogP contribution in [0.3, 0.4) is 0 Å². The van der Waals surface area contributed by atoms with Crippen molar-refractivity contribution in [3.05, 3.63) is 40.9 Å². The van der Waals surface area contributed by atoms with Gasteiger partial charge in [0.05, 0.1) is 34.4 Å². The van der Waals surface area contributed by atoms with Crippen molar-refractivity contribution in [2.45, 2.75) is 24.3 Å². The average molecular weight is 527 g/mol. The van der Waals surface area contributed by atoms with Gasteiger partial charge in [-0.1, -0.05) is 11.6 Å². The monoisotopic (exact) mass is 526 g/mol. The Balaban J connectivity index is 1.78. The minimum absolute atomic E-state index is 0.00798. The summed E-state index contributed by atoms with van der Waals surface area (Å²) in [5.41, 5.74) is 0.791. The van der Waals surface area contributed by atoms with Gasteiger partial charge in [-0.2, -0.15) is 4.31 Å². The molecule has 2 aromatic rings. The topological polar surface area (TPSA) is 94.6 Å². The van der Waals surface area contributed by atoms with E-state index in [1.54, 1.807) is 30.1 Å². The van der Waals surface area contributed by atoms with E-state index in [4.69, 9.17) is 30.5 Å². The second-order valence-electron chi connectivity index (χ2n) is 8.23. The van der Waals surface area contributed by atoms with E-state index in [2.05, 4.69) is 0 Å². The number of rotatable bonds is 9. The molecule has 9 nitrogen and oxygen atoms in total. The van der Waals surface area contributed by atoms with Crippen LogP contribution in [-0.2, 0) is 21.4 Å². The van der Waals surface area contributed by atoms with E-state index >= 15 is 0 Å². The summed E-state index contributed by atoms with van der Waals surface area (Å²) in [5.74, 6) is 1.05. The summed E-state index contributed by atoms with van der Waals surface area (Å²) in [4.78, 5) is 14.9. The highest BCUT2D eigenvalue weighted by atomic mass is 35.5. The SMILES string of the molecule is COc1ccc(Cl)cc1S(=O)(=O)N1CCC[C@H](C(=O)N(C)Cc2cc(OC)c(OC)c(OC)c2)C1. The number of nitrogens with zero attached hydrogens (tertiary/aromatic N) is 2. The van der Waals surface area contributed by atoms with Crippen molar-refractivity contribution in [1.29, 1.82) is 0 Å². The maximum absolute atomic E-state index is 13.4. The number of ether oxygens (including phenoxy) is 4. The van der Waals surface area contributed by atoms with Gasteiger partial charge < -0.3 is 23.8 Å². The first-order valence-electron chi connectivity index (χ1n) is 11.0. The maximum Gasteiger partial charge on any atom is 0.246 e. The Hall–Kier alpha value is -2.69. The number of piperidine rings is 1. The Labute approximate surface area is 211 Å². The largest absolute Gasteiger partial charge is 0.495 e. The molecule has 11 heteroatoms. The van der Waals surface area contributed by atoms with Gasteiger partial charge in [0.2, 0.25) is 21.7 Å². The Morgan fingerprint density at radius 3 is 2.23 bits per heavy atom. The second kappa shape index (κ2) is 11.4. The van der Waals surface area contributed by atoms with Crippen LogP contribution in [0.1, 0.15) is 18.4 Å². The van der Waals surface area contributed by atoms with Crippen molar-refractivity contribution in [3.8, 4) is 23.0 Å². The van der Waals surface area contributed by atoms with Crippen LogP contribution in [0.15, 0.2) is 35.2 Å². The van der Waals surface area contributed by atoms with E-state index in [0.717, 1.165) is 5.56 Å². The molecule has 1 atom stereocenters. The summed E-state index contributed by atoms with van der Waals surface area (Å²) >= 11 is 6.05. The lowest BCUT2D eigenvalue weighted by Gasteiger charge is -2.33. The third-order valence-corrected chi connectivity index (χ3v) is 8.12. The molecule has 0 bridgehead atoms. The fourth-order valence-corrected chi connectivity index (χ4v) is 6.19. The molecule has 3 rings (SSSR count). The van der Waals surface area contributed by atoms with Crippen LogP contribution in [0.4, 0.5) is 0 Å². The highest BCUT2D eigenvalue weighted by molar-refractivity contribution is 7.89. The fourth-order valence-electron chi connectivity index (χ4n) is 4.24. The molecule has 1 fully saturated rings. The maximum atomic E-state index is 13.4. The molecule has 0 N–H and O–H groups in total. The fraction of sp³-hybridized carbons (Fsp3) is 0.458.